The molecule has 2 heterocycles. The second kappa shape index (κ2) is 6.94. The molecule has 0 aliphatic heterocycles. The molecule has 0 saturated heterocycles. The molecule has 0 aliphatic rings. The van der Waals surface area contributed by atoms with Crippen molar-refractivity contribution in [2.75, 3.05) is 6.61 Å². The third-order valence-corrected chi connectivity index (χ3v) is 3.66. The molecule has 4 nitrogen and oxygen atoms in total. The molecular formula is C15H16N2O2S. The molecule has 2 aromatic heterocycles. The van der Waals surface area contributed by atoms with E-state index in [0.717, 1.165) is 10.4 Å². The van der Waals surface area contributed by atoms with E-state index in [9.17, 15) is 4.79 Å². The second-order valence-corrected chi connectivity index (χ2v) is 5.26. The van der Waals surface area contributed by atoms with E-state index >= 15 is 0 Å². The van der Waals surface area contributed by atoms with Crippen LogP contribution in [-0.2, 0) is 13.6 Å². The fraction of sp³-hybridized carbons (Fsp3) is 0.267. The molecular weight excluding hydrogens is 272 g/mol. The maximum Gasteiger partial charge on any atom is 0.268 e. The van der Waals surface area contributed by atoms with Crippen LogP contribution in [0, 0.1) is 11.8 Å². The number of thiophene rings is 1. The van der Waals surface area contributed by atoms with Gasteiger partial charge in [-0.05, 0) is 18.2 Å². The van der Waals surface area contributed by atoms with Crippen molar-refractivity contribution in [3.8, 4) is 11.8 Å². The third kappa shape index (κ3) is 3.73. The van der Waals surface area contributed by atoms with Gasteiger partial charge in [-0.2, -0.15) is 0 Å². The van der Waals surface area contributed by atoms with Crippen LogP contribution in [0.1, 0.15) is 27.3 Å². The molecule has 0 unspecified atom stereocenters. The van der Waals surface area contributed by atoms with Gasteiger partial charge in [0.2, 0.25) is 0 Å². The van der Waals surface area contributed by atoms with E-state index in [1.807, 2.05) is 30.8 Å². The first kappa shape index (κ1) is 14.4. The largest absolute Gasteiger partial charge is 0.395 e. The van der Waals surface area contributed by atoms with E-state index in [1.165, 1.54) is 0 Å². The monoisotopic (exact) mass is 288 g/mol. The standard InChI is InChI=1S/C15H16N2O2S/c1-17-7-4-6-14(17)15(19)16-10-13-9-12(11-20-13)5-2-3-8-18/h4,6-7,9,11,18H,3,8,10H2,1H3,(H,16,19). The van der Waals surface area contributed by atoms with E-state index in [4.69, 9.17) is 5.11 Å². The second-order valence-electron chi connectivity index (χ2n) is 4.26. The Labute approximate surface area is 122 Å². The lowest BCUT2D eigenvalue weighted by Gasteiger charge is -2.04. The molecule has 0 aromatic carbocycles. The Balaban J connectivity index is 1.90. The molecule has 104 valence electrons. The number of aliphatic hydroxyl groups is 1. The van der Waals surface area contributed by atoms with E-state index < -0.39 is 0 Å². The number of rotatable bonds is 4. The van der Waals surface area contributed by atoms with Crippen LogP contribution in [0.15, 0.2) is 29.8 Å². The SMILES string of the molecule is Cn1cccc1C(=O)NCc1cc(C#CCCO)cs1. The number of aryl methyl sites for hydroxylation is 1. The average molecular weight is 288 g/mol. The molecule has 0 atom stereocenters. The molecule has 1 amide bonds. The van der Waals surface area contributed by atoms with Crippen LogP contribution >= 0.6 is 11.3 Å². The normalized spacial score (nSPS) is 9.90. The minimum atomic E-state index is -0.0844. The van der Waals surface area contributed by atoms with Gasteiger partial charge in [-0.15, -0.1) is 11.3 Å². The number of hydrogen-bond acceptors (Lipinski definition) is 3. The molecule has 20 heavy (non-hydrogen) atoms. The van der Waals surface area contributed by atoms with E-state index in [0.29, 0.717) is 18.7 Å². The molecule has 2 rings (SSSR count). The number of carbonyl (C=O) groups excluding carboxylic acids is 1. The first-order valence-electron chi connectivity index (χ1n) is 6.27. The Morgan fingerprint density at radius 3 is 3.10 bits per heavy atom. The summed E-state index contributed by atoms with van der Waals surface area (Å²) in [5.74, 6) is 5.76. The maximum atomic E-state index is 11.9. The van der Waals surface area contributed by atoms with E-state index in [-0.39, 0.29) is 12.5 Å². The number of nitrogens with zero attached hydrogens (tertiary/aromatic N) is 1. The van der Waals surface area contributed by atoms with Crippen molar-refractivity contribution in [1.29, 1.82) is 0 Å². The number of nitrogens with one attached hydrogen (secondary N) is 1. The minimum Gasteiger partial charge on any atom is -0.395 e. The number of carbonyl (C=O) groups is 1. The van der Waals surface area contributed by atoms with Gasteiger partial charge in [-0.25, -0.2) is 0 Å². The fourth-order valence-corrected chi connectivity index (χ4v) is 2.47. The van der Waals surface area contributed by atoms with Crippen molar-refractivity contribution in [2.24, 2.45) is 7.05 Å². The quantitative estimate of drug-likeness (QED) is 0.842. The minimum absolute atomic E-state index is 0.0801. The van der Waals surface area contributed by atoms with Gasteiger partial charge in [0.05, 0.1) is 13.2 Å². The maximum absolute atomic E-state index is 11.9. The predicted octanol–water partition coefficient (Wildman–Crippen LogP) is 1.75. The topological polar surface area (TPSA) is 54.3 Å². The van der Waals surface area contributed by atoms with E-state index in [2.05, 4.69) is 17.2 Å². The lowest BCUT2D eigenvalue weighted by molar-refractivity contribution is 0.0943. The van der Waals surface area contributed by atoms with Crippen molar-refractivity contribution in [3.63, 3.8) is 0 Å². The van der Waals surface area contributed by atoms with Crippen LogP contribution in [0.3, 0.4) is 0 Å². The van der Waals surface area contributed by atoms with Crippen LogP contribution in [0.2, 0.25) is 0 Å². The summed E-state index contributed by atoms with van der Waals surface area (Å²) >= 11 is 1.56. The summed E-state index contributed by atoms with van der Waals surface area (Å²) in [4.78, 5) is 13.0. The van der Waals surface area contributed by atoms with Crippen LogP contribution in [0.4, 0.5) is 0 Å². The van der Waals surface area contributed by atoms with Crippen molar-refractivity contribution in [3.05, 3.63) is 45.9 Å². The first-order chi connectivity index (χ1) is 9.70. The summed E-state index contributed by atoms with van der Waals surface area (Å²) in [5.41, 5.74) is 1.57. The van der Waals surface area contributed by atoms with Gasteiger partial charge in [0.1, 0.15) is 5.69 Å². The molecule has 0 spiro atoms. The third-order valence-electron chi connectivity index (χ3n) is 2.72. The lowest BCUT2D eigenvalue weighted by atomic mass is 10.3. The highest BCUT2D eigenvalue weighted by Crippen LogP contribution is 2.13. The number of amides is 1. The summed E-state index contributed by atoms with van der Waals surface area (Å²) in [6.45, 7) is 0.576. The van der Waals surface area contributed by atoms with Crippen molar-refractivity contribution in [2.45, 2.75) is 13.0 Å². The van der Waals surface area contributed by atoms with Crippen molar-refractivity contribution >= 4 is 17.2 Å². The van der Waals surface area contributed by atoms with E-state index in [1.54, 1.807) is 22.0 Å². The highest BCUT2D eigenvalue weighted by molar-refractivity contribution is 7.10. The Kier molecular flexibility index (Phi) is 4.99. The Hall–Kier alpha value is -2.03. The summed E-state index contributed by atoms with van der Waals surface area (Å²) in [7, 11) is 1.84. The average Bonchev–Trinajstić information content (AvgIpc) is 3.05. The molecule has 2 aromatic rings. The first-order valence-corrected chi connectivity index (χ1v) is 7.15. The van der Waals surface area contributed by atoms with Crippen LogP contribution in [0.5, 0.6) is 0 Å². The molecule has 0 saturated carbocycles. The van der Waals surface area contributed by atoms with Gasteiger partial charge >= 0.3 is 0 Å². The lowest BCUT2D eigenvalue weighted by Crippen LogP contribution is -2.24. The van der Waals surface area contributed by atoms with Gasteiger partial charge < -0.3 is 15.0 Å². The zero-order chi connectivity index (χ0) is 14.4. The summed E-state index contributed by atoms with van der Waals surface area (Å²) in [6, 6.07) is 5.59. The Morgan fingerprint density at radius 1 is 1.55 bits per heavy atom. The molecule has 0 radical (unpaired) electrons. The predicted molar refractivity (Wildman–Crippen MR) is 79.5 cm³/mol. The Bertz CT molecular complexity index is 646. The fourth-order valence-electron chi connectivity index (χ4n) is 1.71. The number of aliphatic hydroxyl groups excluding tert-OH is 1. The zero-order valence-electron chi connectivity index (χ0n) is 11.2. The summed E-state index contributed by atoms with van der Waals surface area (Å²) in [5, 5.41) is 13.5. The molecule has 0 fully saturated rings. The molecule has 0 bridgehead atoms. The van der Waals surface area contributed by atoms with Gasteiger partial charge in [0, 0.05) is 35.5 Å². The number of aromatic nitrogens is 1. The highest BCUT2D eigenvalue weighted by Gasteiger charge is 2.08. The molecule has 0 aliphatic carbocycles. The van der Waals surface area contributed by atoms with Crippen LogP contribution in [-0.4, -0.2) is 22.2 Å². The molecule has 2 N–H and O–H groups in total. The summed E-state index contributed by atoms with van der Waals surface area (Å²) in [6.07, 6.45) is 2.32. The smallest absolute Gasteiger partial charge is 0.268 e. The van der Waals surface area contributed by atoms with Crippen LogP contribution < -0.4 is 5.32 Å². The van der Waals surface area contributed by atoms with Gasteiger partial charge in [-0.3, -0.25) is 4.79 Å². The van der Waals surface area contributed by atoms with Crippen LogP contribution in [0.25, 0.3) is 0 Å². The van der Waals surface area contributed by atoms with Gasteiger partial charge in [0.15, 0.2) is 0 Å². The Morgan fingerprint density at radius 2 is 2.40 bits per heavy atom. The van der Waals surface area contributed by atoms with Crippen molar-refractivity contribution in [1.82, 2.24) is 9.88 Å². The number of hydrogen-bond donors (Lipinski definition) is 2. The highest BCUT2D eigenvalue weighted by atomic mass is 32.1. The van der Waals surface area contributed by atoms with Crippen molar-refractivity contribution < 1.29 is 9.90 Å². The molecule has 5 heteroatoms. The van der Waals surface area contributed by atoms with Gasteiger partial charge in [-0.1, -0.05) is 11.8 Å². The zero-order valence-corrected chi connectivity index (χ0v) is 12.0. The van der Waals surface area contributed by atoms with Gasteiger partial charge in [0.25, 0.3) is 5.91 Å². The summed E-state index contributed by atoms with van der Waals surface area (Å²) < 4.78 is 1.79.